The number of hydrogen-bond donors (Lipinski definition) is 1. The normalized spacial score (nSPS) is 16.4. The minimum Gasteiger partial charge on any atom is -0.490 e. The molecule has 1 aromatic heterocycles. The van der Waals surface area contributed by atoms with Gasteiger partial charge in [-0.05, 0) is 37.1 Å². The van der Waals surface area contributed by atoms with E-state index in [1.807, 2.05) is 24.3 Å². The number of ether oxygens (including phenoxy) is 2. The van der Waals surface area contributed by atoms with E-state index in [1.54, 1.807) is 12.3 Å². The number of amides is 1. The van der Waals surface area contributed by atoms with E-state index in [1.165, 1.54) is 0 Å². The van der Waals surface area contributed by atoms with Gasteiger partial charge >= 0.3 is 0 Å². The van der Waals surface area contributed by atoms with E-state index in [2.05, 4.69) is 15.2 Å². The lowest BCUT2D eigenvalue weighted by Crippen LogP contribution is -2.24. The van der Waals surface area contributed by atoms with E-state index in [-0.39, 0.29) is 5.91 Å². The minimum atomic E-state index is -0.163. The van der Waals surface area contributed by atoms with Gasteiger partial charge in [-0.3, -0.25) is 4.79 Å². The third-order valence-electron chi connectivity index (χ3n) is 4.44. The highest BCUT2D eigenvalue weighted by molar-refractivity contribution is 6.07. The molecule has 1 N–H and O–H groups in total. The van der Waals surface area contributed by atoms with Crippen molar-refractivity contribution < 1.29 is 14.3 Å². The monoisotopic (exact) mass is 339 g/mol. The highest BCUT2D eigenvalue weighted by Crippen LogP contribution is 2.32. The summed E-state index contributed by atoms with van der Waals surface area (Å²) in [6.07, 6.45) is 4.86. The molecule has 1 saturated heterocycles. The Bertz CT molecular complexity index is 772. The molecule has 6 heteroatoms. The lowest BCUT2D eigenvalue weighted by Gasteiger charge is -2.19. The summed E-state index contributed by atoms with van der Waals surface area (Å²) in [6.45, 7) is 3.16. The smallest absolute Gasteiger partial charge is 0.259 e. The van der Waals surface area contributed by atoms with Crippen molar-refractivity contribution >= 4 is 17.4 Å². The number of fused-ring (bicyclic) bond motifs is 1. The zero-order valence-corrected chi connectivity index (χ0v) is 14.0. The Morgan fingerprint density at radius 1 is 1.04 bits per heavy atom. The van der Waals surface area contributed by atoms with Crippen LogP contribution in [0.25, 0.3) is 0 Å². The Kier molecular flexibility index (Phi) is 4.41. The Labute approximate surface area is 146 Å². The van der Waals surface area contributed by atoms with Crippen molar-refractivity contribution in [1.29, 1.82) is 0 Å². The summed E-state index contributed by atoms with van der Waals surface area (Å²) in [7, 11) is 0. The van der Waals surface area contributed by atoms with E-state index in [9.17, 15) is 4.79 Å². The van der Waals surface area contributed by atoms with E-state index >= 15 is 0 Å². The first-order valence-electron chi connectivity index (χ1n) is 8.72. The average Bonchev–Trinajstić information content (AvgIpc) is 3.07. The van der Waals surface area contributed by atoms with Crippen LogP contribution in [0.5, 0.6) is 11.5 Å². The number of rotatable bonds is 3. The average molecular weight is 339 g/mol. The first-order valence-corrected chi connectivity index (χ1v) is 8.72. The molecule has 0 bridgehead atoms. The predicted molar refractivity (Wildman–Crippen MR) is 95.7 cm³/mol. The second-order valence-corrected chi connectivity index (χ2v) is 6.23. The molecule has 130 valence electrons. The molecule has 0 spiro atoms. The molecule has 0 saturated carbocycles. The molecule has 4 rings (SSSR count). The van der Waals surface area contributed by atoms with Crippen LogP contribution in [0.4, 0.5) is 11.5 Å². The van der Waals surface area contributed by atoms with Gasteiger partial charge in [0.2, 0.25) is 0 Å². The molecule has 2 aliphatic rings. The van der Waals surface area contributed by atoms with Crippen molar-refractivity contribution in [2.75, 3.05) is 36.5 Å². The molecule has 1 amide bonds. The highest BCUT2D eigenvalue weighted by atomic mass is 16.5. The lowest BCUT2D eigenvalue weighted by molar-refractivity contribution is 0.102. The summed E-state index contributed by atoms with van der Waals surface area (Å²) in [5.74, 6) is 1.98. The van der Waals surface area contributed by atoms with Crippen LogP contribution in [-0.4, -0.2) is 37.2 Å². The maximum absolute atomic E-state index is 12.8. The van der Waals surface area contributed by atoms with Crippen LogP contribution in [0.3, 0.4) is 0 Å². The van der Waals surface area contributed by atoms with Gasteiger partial charge in [-0.25, -0.2) is 4.98 Å². The number of aromatic nitrogens is 1. The summed E-state index contributed by atoms with van der Waals surface area (Å²) in [4.78, 5) is 19.4. The van der Waals surface area contributed by atoms with E-state index in [0.717, 1.165) is 43.9 Å². The predicted octanol–water partition coefficient (Wildman–Crippen LogP) is 3.10. The fraction of sp³-hybridized carbons (Fsp3) is 0.368. The standard InChI is InChI=1S/C19H21N3O3/c23-19(15-5-3-8-20-18(15)22-9-1-2-10-22)21-14-6-7-16-17(13-14)25-12-4-11-24-16/h3,5-8,13H,1-2,4,9-12H2,(H,21,23). The Morgan fingerprint density at radius 2 is 1.84 bits per heavy atom. The molecule has 3 heterocycles. The van der Waals surface area contributed by atoms with Crippen LogP contribution in [-0.2, 0) is 0 Å². The maximum atomic E-state index is 12.8. The Hall–Kier alpha value is -2.76. The largest absolute Gasteiger partial charge is 0.490 e. The van der Waals surface area contributed by atoms with E-state index in [4.69, 9.17) is 9.47 Å². The van der Waals surface area contributed by atoms with Gasteiger partial charge in [0.05, 0.1) is 18.8 Å². The number of nitrogens with zero attached hydrogens (tertiary/aromatic N) is 2. The summed E-state index contributed by atoms with van der Waals surface area (Å²) >= 11 is 0. The van der Waals surface area contributed by atoms with Gasteiger partial charge in [0.15, 0.2) is 11.5 Å². The van der Waals surface area contributed by atoms with E-state index in [0.29, 0.717) is 30.2 Å². The summed E-state index contributed by atoms with van der Waals surface area (Å²) in [5.41, 5.74) is 1.28. The van der Waals surface area contributed by atoms with Gasteiger partial charge in [-0.2, -0.15) is 0 Å². The molecule has 25 heavy (non-hydrogen) atoms. The van der Waals surface area contributed by atoms with Gasteiger partial charge in [0.1, 0.15) is 5.82 Å². The molecule has 0 atom stereocenters. The van der Waals surface area contributed by atoms with Crippen molar-refractivity contribution in [3.05, 3.63) is 42.1 Å². The van der Waals surface area contributed by atoms with Gasteiger partial charge in [0, 0.05) is 37.5 Å². The van der Waals surface area contributed by atoms with Crippen molar-refractivity contribution in [3.63, 3.8) is 0 Å². The third kappa shape index (κ3) is 3.38. The quantitative estimate of drug-likeness (QED) is 0.931. The number of pyridine rings is 1. The molecule has 1 fully saturated rings. The first-order chi connectivity index (χ1) is 12.3. The van der Waals surface area contributed by atoms with Crippen LogP contribution in [0.2, 0.25) is 0 Å². The molecule has 0 unspecified atom stereocenters. The topological polar surface area (TPSA) is 63.7 Å². The summed E-state index contributed by atoms with van der Waals surface area (Å²) < 4.78 is 11.3. The van der Waals surface area contributed by atoms with Crippen LogP contribution in [0, 0.1) is 0 Å². The fourth-order valence-electron chi connectivity index (χ4n) is 3.19. The van der Waals surface area contributed by atoms with Crippen LogP contribution >= 0.6 is 0 Å². The molecule has 6 nitrogen and oxygen atoms in total. The zero-order chi connectivity index (χ0) is 17.1. The molecular formula is C19H21N3O3. The highest BCUT2D eigenvalue weighted by Gasteiger charge is 2.21. The molecule has 2 aromatic rings. The maximum Gasteiger partial charge on any atom is 0.259 e. The number of carbonyl (C=O) groups is 1. The van der Waals surface area contributed by atoms with Gasteiger partial charge in [-0.1, -0.05) is 0 Å². The molecule has 1 aromatic carbocycles. The molecule has 0 radical (unpaired) electrons. The van der Waals surface area contributed by atoms with Gasteiger partial charge in [0.25, 0.3) is 5.91 Å². The number of hydrogen-bond acceptors (Lipinski definition) is 5. The van der Waals surface area contributed by atoms with E-state index < -0.39 is 0 Å². The number of nitrogens with one attached hydrogen (secondary N) is 1. The number of carbonyl (C=O) groups excluding carboxylic acids is 1. The lowest BCUT2D eigenvalue weighted by atomic mass is 10.2. The van der Waals surface area contributed by atoms with Crippen LogP contribution in [0.1, 0.15) is 29.6 Å². The van der Waals surface area contributed by atoms with Crippen molar-refractivity contribution in [3.8, 4) is 11.5 Å². The first kappa shape index (κ1) is 15.7. The molecule has 0 aliphatic carbocycles. The summed E-state index contributed by atoms with van der Waals surface area (Å²) in [5, 5.41) is 2.95. The summed E-state index contributed by atoms with van der Waals surface area (Å²) in [6, 6.07) is 9.09. The van der Waals surface area contributed by atoms with Crippen LogP contribution < -0.4 is 19.7 Å². The second-order valence-electron chi connectivity index (χ2n) is 6.23. The zero-order valence-electron chi connectivity index (χ0n) is 14.0. The Morgan fingerprint density at radius 3 is 2.68 bits per heavy atom. The minimum absolute atomic E-state index is 0.163. The fourth-order valence-corrected chi connectivity index (χ4v) is 3.19. The molecule has 2 aliphatic heterocycles. The SMILES string of the molecule is O=C(Nc1ccc2c(c1)OCCCO2)c1cccnc1N1CCCC1. The molecular weight excluding hydrogens is 318 g/mol. The van der Waals surface area contributed by atoms with Crippen molar-refractivity contribution in [2.24, 2.45) is 0 Å². The van der Waals surface area contributed by atoms with Crippen molar-refractivity contribution in [1.82, 2.24) is 4.98 Å². The van der Waals surface area contributed by atoms with Gasteiger partial charge < -0.3 is 19.7 Å². The van der Waals surface area contributed by atoms with Crippen molar-refractivity contribution in [2.45, 2.75) is 19.3 Å². The van der Waals surface area contributed by atoms with Gasteiger partial charge in [-0.15, -0.1) is 0 Å². The third-order valence-corrected chi connectivity index (χ3v) is 4.44. The second kappa shape index (κ2) is 7.01. The Balaban J connectivity index is 1.55. The van der Waals surface area contributed by atoms with Crippen LogP contribution in [0.15, 0.2) is 36.5 Å². The number of anilines is 2. The number of benzene rings is 1.